The topological polar surface area (TPSA) is 90.9 Å². The number of nitrogens with one attached hydrogen (secondary N) is 2. The number of aromatic nitrogens is 3. The highest BCUT2D eigenvalue weighted by molar-refractivity contribution is 5.90. The Hall–Kier alpha value is -1.43. The third kappa shape index (κ3) is 3.98. The molecule has 16 heavy (non-hydrogen) atoms. The monoisotopic (exact) mass is 226 g/mol. The van der Waals surface area contributed by atoms with Crippen LogP contribution >= 0.6 is 0 Å². The second kappa shape index (κ2) is 5.07. The molecule has 1 atom stereocenters. The number of hydrogen-bond donors (Lipinski definition) is 3. The molecule has 1 aromatic rings. The molecule has 0 saturated carbocycles. The van der Waals surface area contributed by atoms with Crippen molar-refractivity contribution < 1.29 is 9.90 Å². The van der Waals surface area contributed by atoms with E-state index in [1.165, 1.54) is 6.33 Å². The SMILES string of the molecule is CC(C)CC(C)(O)CNC(=O)c1ncn[nH]1. The molecule has 0 aromatic carbocycles. The van der Waals surface area contributed by atoms with E-state index < -0.39 is 5.60 Å². The van der Waals surface area contributed by atoms with E-state index in [4.69, 9.17) is 0 Å². The molecule has 1 amide bonds. The Morgan fingerprint density at radius 1 is 1.69 bits per heavy atom. The summed E-state index contributed by atoms with van der Waals surface area (Å²) in [6.45, 7) is 5.94. The summed E-state index contributed by atoms with van der Waals surface area (Å²) in [5, 5.41) is 18.6. The van der Waals surface area contributed by atoms with Gasteiger partial charge in [-0.05, 0) is 19.3 Å². The van der Waals surface area contributed by atoms with Crippen LogP contribution < -0.4 is 5.32 Å². The van der Waals surface area contributed by atoms with Crippen LogP contribution in [-0.2, 0) is 0 Å². The third-order valence-corrected chi connectivity index (χ3v) is 2.11. The van der Waals surface area contributed by atoms with E-state index in [-0.39, 0.29) is 18.3 Å². The molecule has 0 fully saturated rings. The van der Waals surface area contributed by atoms with Crippen molar-refractivity contribution in [3.63, 3.8) is 0 Å². The summed E-state index contributed by atoms with van der Waals surface area (Å²) in [6.07, 6.45) is 1.89. The number of aromatic amines is 1. The summed E-state index contributed by atoms with van der Waals surface area (Å²) in [5.74, 6) is 0.166. The molecule has 0 radical (unpaired) electrons. The van der Waals surface area contributed by atoms with E-state index in [0.29, 0.717) is 12.3 Å². The zero-order chi connectivity index (χ0) is 12.2. The Morgan fingerprint density at radius 2 is 2.38 bits per heavy atom. The molecule has 1 rings (SSSR count). The minimum absolute atomic E-state index is 0.153. The van der Waals surface area contributed by atoms with Gasteiger partial charge in [-0.25, -0.2) is 4.98 Å². The Bertz CT molecular complexity index is 333. The number of nitrogens with zero attached hydrogens (tertiary/aromatic N) is 2. The summed E-state index contributed by atoms with van der Waals surface area (Å²) < 4.78 is 0. The van der Waals surface area contributed by atoms with Crippen LogP contribution in [0.5, 0.6) is 0 Å². The Labute approximate surface area is 94.5 Å². The fourth-order valence-corrected chi connectivity index (χ4v) is 1.62. The minimum Gasteiger partial charge on any atom is -0.388 e. The Balaban J connectivity index is 2.42. The first-order valence-corrected chi connectivity index (χ1v) is 5.26. The average molecular weight is 226 g/mol. The molecule has 0 bridgehead atoms. The van der Waals surface area contributed by atoms with E-state index in [2.05, 4.69) is 20.5 Å². The predicted molar refractivity (Wildman–Crippen MR) is 58.8 cm³/mol. The van der Waals surface area contributed by atoms with Crippen molar-refractivity contribution in [1.29, 1.82) is 0 Å². The molecule has 0 aliphatic rings. The number of hydrogen-bond acceptors (Lipinski definition) is 4. The van der Waals surface area contributed by atoms with Gasteiger partial charge in [0.15, 0.2) is 0 Å². The van der Waals surface area contributed by atoms with Crippen LogP contribution in [0.25, 0.3) is 0 Å². The Kier molecular flexibility index (Phi) is 4.00. The fourth-order valence-electron chi connectivity index (χ4n) is 1.62. The van der Waals surface area contributed by atoms with Crippen LogP contribution in [0.1, 0.15) is 37.8 Å². The van der Waals surface area contributed by atoms with E-state index in [1.807, 2.05) is 13.8 Å². The van der Waals surface area contributed by atoms with Crippen LogP contribution in [0, 0.1) is 5.92 Å². The van der Waals surface area contributed by atoms with Gasteiger partial charge in [-0.2, -0.15) is 5.10 Å². The van der Waals surface area contributed by atoms with Gasteiger partial charge < -0.3 is 10.4 Å². The highest BCUT2D eigenvalue weighted by atomic mass is 16.3. The van der Waals surface area contributed by atoms with Gasteiger partial charge in [0.1, 0.15) is 6.33 Å². The van der Waals surface area contributed by atoms with Gasteiger partial charge in [0, 0.05) is 6.54 Å². The number of aliphatic hydroxyl groups is 1. The van der Waals surface area contributed by atoms with Crippen molar-refractivity contribution in [2.45, 2.75) is 32.8 Å². The van der Waals surface area contributed by atoms with Gasteiger partial charge >= 0.3 is 0 Å². The zero-order valence-corrected chi connectivity index (χ0v) is 9.82. The van der Waals surface area contributed by atoms with Crippen molar-refractivity contribution >= 4 is 5.91 Å². The molecule has 0 aliphatic heterocycles. The summed E-state index contributed by atoms with van der Waals surface area (Å²) in [5.41, 5.74) is -0.899. The fraction of sp³-hybridized carbons (Fsp3) is 0.700. The van der Waals surface area contributed by atoms with E-state index in [0.717, 1.165) is 0 Å². The second-order valence-electron chi connectivity index (χ2n) is 4.61. The number of H-pyrrole nitrogens is 1. The van der Waals surface area contributed by atoms with Crippen LogP contribution in [0.3, 0.4) is 0 Å². The van der Waals surface area contributed by atoms with Gasteiger partial charge in [-0.3, -0.25) is 9.89 Å². The maximum Gasteiger partial charge on any atom is 0.288 e. The molecule has 0 saturated heterocycles. The van der Waals surface area contributed by atoms with Crippen molar-refractivity contribution in [2.24, 2.45) is 5.92 Å². The van der Waals surface area contributed by atoms with E-state index in [9.17, 15) is 9.90 Å². The third-order valence-electron chi connectivity index (χ3n) is 2.11. The molecule has 1 unspecified atom stereocenters. The number of carbonyl (C=O) groups excluding carboxylic acids is 1. The van der Waals surface area contributed by atoms with Crippen molar-refractivity contribution in [1.82, 2.24) is 20.5 Å². The van der Waals surface area contributed by atoms with Crippen molar-refractivity contribution in [3.05, 3.63) is 12.2 Å². The van der Waals surface area contributed by atoms with Crippen molar-refractivity contribution in [3.8, 4) is 0 Å². The van der Waals surface area contributed by atoms with E-state index in [1.54, 1.807) is 6.92 Å². The molecule has 6 heteroatoms. The lowest BCUT2D eigenvalue weighted by Crippen LogP contribution is -2.41. The summed E-state index contributed by atoms with van der Waals surface area (Å²) in [4.78, 5) is 15.2. The zero-order valence-electron chi connectivity index (χ0n) is 9.82. The lowest BCUT2D eigenvalue weighted by Gasteiger charge is -2.25. The maximum atomic E-state index is 11.5. The van der Waals surface area contributed by atoms with Gasteiger partial charge in [0.25, 0.3) is 5.91 Å². The predicted octanol–water partition coefficient (Wildman–Crippen LogP) is 0.332. The summed E-state index contributed by atoms with van der Waals surface area (Å²) in [7, 11) is 0. The quantitative estimate of drug-likeness (QED) is 0.675. The molecule has 1 heterocycles. The molecule has 3 N–H and O–H groups in total. The summed E-state index contributed by atoms with van der Waals surface area (Å²) in [6, 6.07) is 0. The standard InChI is InChI=1S/C10H18N4O2/c1-7(2)4-10(3,16)5-11-9(15)8-12-6-13-14-8/h6-7,16H,4-5H2,1-3H3,(H,11,15)(H,12,13,14). The largest absolute Gasteiger partial charge is 0.388 e. The molecular weight excluding hydrogens is 208 g/mol. The second-order valence-corrected chi connectivity index (χ2v) is 4.61. The smallest absolute Gasteiger partial charge is 0.288 e. The van der Waals surface area contributed by atoms with Crippen LogP contribution in [-0.4, -0.2) is 38.3 Å². The first kappa shape index (κ1) is 12.6. The first-order valence-electron chi connectivity index (χ1n) is 5.26. The van der Waals surface area contributed by atoms with E-state index >= 15 is 0 Å². The minimum atomic E-state index is -0.899. The number of carbonyl (C=O) groups is 1. The van der Waals surface area contributed by atoms with Crippen LogP contribution in [0.4, 0.5) is 0 Å². The van der Waals surface area contributed by atoms with Gasteiger partial charge in [-0.1, -0.05) is 13.8 Å². The van der Waals surface area contributed by atoms with Gasteiger partial charge in [-0.15, -0.1) is 0 Å². The van der Waals surface area contributed by atoms with Gasteiger partial charge in [0.05, 0.1) is 5.60 Å². The van der Waals surface area contributed by atoms with Crippen molar-refractivity contribution in [2.75, 3.05) is 6.54 Å². The highest BCUT2D eigenvalue weighted by Crippen LogP contribution is 2.14. The average Bonchev–Trinajstić information content (AvgIpc) is 2.64. The van der Waals surface area contributed by atoms with Crippen LogP contribution in [0.15, 0.2) is 6.33 Å². The normalized spacial score (nSPS) is 14.8. The molecule has 0 aliphatic carbocycles. The first-order chi connectivity index (χ1) is 7.41. The number of rotatable bonds is 5. The summed E-state index contributed by atoms with van der Waals surface area (Å²) >= 11 is 0. The molecule has 1 aromatic heterocycles. The lowest BCUT2D eigenvalue weighted by molar-refractivity contribution is 0.0366. The number of amides is 1. The highest BCUT2D eigenvalue weighted by Gasteiger charge is 2.23. The van der Waals surface area contributed by atoms with Crippen LogP contribution in [0.2, 0.25) is 0 Å². The molecule has 0 spiro atoms. The maximum absolute atomic E-state index is 11.5. The Morgan fingerprint density at radius 3 is 2.88 bits per heavy atom. The molecular formula is C10H18N4O2. The molecule has 90 valence electrons. The molecule has 6 nitrogen and oxygen atoms in total. The van der Waals surface area contributed by atoms with Gasteiger partial charge in [0.2, 0.25) is 5.82 Å². The lowest BCUT2D eigenvalue weighted by atomic mass is 9.94.